The second-order valence-corrected chi connectivity index (χ2v) is 6.15. The van der Waals surface area contributed by atoms with Gasteiger partial charge in [-0.3, -0.25) is 14.5 Å². The van der Waals surface area contributed by atoms with Crippen molar-refractivity contribution in [2.75, 3.05) is 11.9 Å². The van der Waals surface area contributed by atoms with E-state index in [2.05, 4.69) is 22.9 Å². The Morgan fingerprint density at radius 3 is 2.52 bits per heavy atom. The van der Waals surface area contributed by atoms with Crippen LogP contribution in [0.3, 0.4) is 0 Å². The number of aryl methyl sites for hydroxylation is 1. The number of nitrogens with zero attached hydrogens (tertiary/aromatic N) is 1. The van der Waals surface area contributed by atoms with Crippen molar-refractivity contribution in [3.63, 3.8) is 0 Å². The summed E-state index contributed by atoms with van der Waals surface area (Å²) in [5.74, 6) is -0.219. The first-order valence-electron chi connectivity index (χ1n) is 6.71. The predicted octanol–water partition coefficient (Wildman–Crippen LogP) is 4.24. The summed E-state index contributed by atoms with van der Waals surface area (Å²) >= 11 is 4.26. The lowest BCUT2D eigenvalue weighted by Crippen LogP contribution is -2.28. The van der Waals surface area contributed by atoms with E-state index in [0.717, 1.165) is 23.7 Å². The molecule has 1 aliphatic rings. The van der Waals surface area contributed by atoms with Gasteiger partial charge in [-0.2, -0.15) is 0 Å². The predicted molar refractivity (Wildman–Crippen MR) is 91.4 cm³/mol. The summed E-state index contributed by atoms with van der Waals surface area (Å²) in [6.45, 7) is 2.42. The molecule has 1 fully saturated rings. The molecule has 1 aromatic rings. The van der Waals surface area contributed by atoms with Crippen LogP contribution < -0.4 is 0 Å². The Hall–Kier alpha value is -1.33. The molecule has 21 heavy (non-hydrogen) atoms. The van der Waals surface area contributed by atoms with Crippen LogP contribution in [0, 0.1) is 0 Å². The molecular weight excluding hydrogens is 350 g/mol. The van der Waals surface area contributed by atoms with Crippen molar-refractivity contribution in [3.8, 4) is 0 Å². The Morgan fingerprint density at radius 2 is 1.90 bits per heavy atom. The van der Waals surface area contributed by atoms with Gasteiger partial charge in [0.15, 0.2) is 0 Å². The maximum atomic E-state index is 12.2. The minimum absolute atomic E-state index is 0.212. The van der Waals surface area contributed by atoms with Gasteiger partial charge in [-0.1, -0.05) is 59.3 Å². The molecule has 1 saturated heterocycles. The van der Waals surface area contributed by atoms with Crippen molar-refractivity contribution in [3.05, 3.63) is 52.4 Å². The average Bonchev–Trinajstić information content (AvgIpc) is 2.75. The fourth-order valence-corrected chi connectivity index (χ4v) is 3.01. The number of carbonyl (C=O) groups excluding carboxylic acids is 2. The van der Waals surface area contributed by atoms with Gasteiger partial charge in [-0.05, 0) is 35.4 Å². The zero-order valence-electron chi connectivity index (χ0n) is 11.7. The SMILES string of the molecule is CCc1ccc(C=C2SC(=O)N(CC=CCBr)C2=O)cc1. The molecule has 0 aliphatic carbocycles. The number of thioether (sulfide) groups is 1. The molecule has 2 amide bonds. The maximum Gasteiger partial charge on any atom is 0.293 e. The summed E-state index contributed by atoms with van der Waals surface area (Å²) in [4.78, 5) is 25.8. The molecule has 110 valence electrons. The van der Waals surface area contributed by atoms with Crippen LogP contribution in [-0.4, -0.2) is 27.9 Å². The van der Waals surface area contributed by atoms with Gasteiger partial charge < -0.3 is 0 Å². The zero-order valence-corrected chi connectivity index (χ0v) is 14.1. The van der Waals surface area contributed by atoms with Crippen LogP contribution in [0.2, 0.25) is 0 Å². The first-order valence-corrected chi connectivity index (χ1v) is 8.64. The van der Waals surface area contributed by atoms with E-state index in [0.29, 0.717) is 16.8 Å². The summed E-state index contributed by atoms with van der Waals surface area (Å²) in [6, 6.07) is 8.01. The smallest absolute Gasteiger partial charge is 0.268 e. The van der Waals surface area contributed by atoms with Crippen LogP contribution in [0.4, 0.5) is 4.79 Å². The van der Waals surface area contributed by atoms with E-state index in [1.807, 2.05) is 36.4 Å². The molecule has 0 atom stereocenters. The van der Waals surface area contributed by atoms with Crippen molar-refractivity contribution in [2.24, 2.45) is 0 Å². The molecular formula is C16H16BrNO2S. The lowest BCUT2D eigenvalue weighted by Gasteiger charge is -2.08. The van der Waals surface area contributed by atoms with E-state index in [1.54, 1.807) is 6.08 Å². The molecule has 0 N–H and O–H groups in total. The molecule has 0 radical (unpaired) electrons. The molecule has 3 nitrogen and oxygen atoms in total. The summed E-state index contributed by atoms with van der Waals surface area (Å²) in [6.07, 6.45) is 6.44. The van der Waals surface area contributed by atoms with Crippen molar-refractivity contribution in [1.29, 1.82) is 0 Å². The third kappa shape index (κ3) is 4.08. The van der Waals surface area contributed by atoms with Crippen LogP contribution >= 0.6 is 27.7 Å². The van der Waals surface area contributed by atoms with Crippen LogP contribution in [-0.2, 0) is 11.2 Å². The second kappa shape index (κ2) is 7.61. The van der Waals surface area contributed by atoms with Gasteiger partial charge >= 0.3 is 0 Å². The molecule has 0 spiro atoms. The van der Waals surface area contributed by atoms with Gasteiger partial charge in [0.25, 0.3) is 11.1 Å². The molecule has 1 aliphatic heterocycles. The Kier molecular flexibility index (Phi) is 5.82. The molecule has 0 unspecified atom stereocenters. The first kappa shape index (κ1) is 16.0. The van der Waals surface area contributed by atoms with Crippen LogP contribution in [0.15, 0.2) is 41.3 Å². The van der Waals surface area contributed by atoms with E-state index in [-0.39, 0.29) is 11.1 Å². The number of rotatable bonds is 5. The molecule has 2 rings (SSSR count). The van der Waals surface area contributed by atoms with Crippen LogP contribution in [0.5, 0.6) is 0 Å². The van der Waals surface area contributed by atoms with Crippen molar-refractivity contribution < 1.29 is 9.59 Å². The van der Waals surface area contributed by atoms with Crippen LogP contribution in [0.25, 0.3) is 6.08 Å². The normalized spacial score (nSPS) is 17.4. The fraction of sp³-hybridized carbons (Fsp3) is 0.250. The lowest BCUT2D eigenvalue weighted by molar-refractivity contribution is -0.122. The van der Waals surface area contributed by atoms with Gasteiger partial charge in [0.1, 0.15) is 0 Å². The van der Waals surface area contributed by atoms with Crippen molar-refractivity contribution in [2.45, 2.75) is 13.3 Å². The average molecular weight is 366 g/mol. The van der Waals surface area contributed by atoms with E-state index >= 15 is 0 Å². The number of hydrogen-bond donors (Lipinski definition) is 0. The van der Waals surface area contributed by atoms with Crippen LogP contribution in [0.1, 0.15) is 18.1 Å². The zero-order chi connectivity index (χ0) is 15.2. The highest BCUT2D eigenvalue weighted by Crippen LogP contribution is 2.32. The number of allylic oxidation sites excluding steroid dienone is 1. The third-order valence-corrected chi connectivity index (χ3v) is 4.38. The molecule has 5 heteroatoms. The minimum atomic E-state index is -0.219. The fourth-order valence-electron chi connectivity index (χ4n) is 1.90. The monoisotopic (exact) mass is 365 g/mol. The Morgan fingerprint density at radius 1 is 1.19 bits per heavy atom. The third-order valence-electron chi connectivity index (χ3n) is 3.10. The Labute approximate surface area is 137 Å². The highest BCUT2D eigenvalue weighted by molar-refractivity contribution is 9.09. The van der Waals surface area contributed by atoms with E-state index < -0.39 is 0 Å². The van der Waals surface area contributed by atoms with Gasteiger partial charge in [0, 0.05) is 11.9 Å². The number of benzene rings is 1. The molecule has 0 saturated carbocycles. The van der Waals surface area contributed by atoms with Gasteiger partial charge in [-0.15, -0.1) is 0 Å². The molecule has 1 aromatic carbocycles. The Balaban J connectivity index is 2.13. The molecule has 0 aromatic heterocycles. The van der Waals surface area contributed by atoms with Crippen molar-refractivity contribution >= 4 is 44.9 Å². The summed E-state index contributed by atoms with van der Waals surface area (Å²) in [7, 11) is 0. The Bertz CT molecular complexity index is 593. The van der Waals surface area contributed by atoms with E-state index in [9.17, 15) is 9.59 Å². The quantitative estimate of drug-likeness (QED) is 0.445. The second-order valence-electron chi connectivity index (χ2n) is 4.51. The van der Waals surface area contributed by atoms with E-state index in [1.165, 1.54) is 10.5 Å². The number of carbonyl (C=O) groups is 2. The van der Waals surface area contributed by atoms with Gasteiger partial charge in [0.05, 0.1) is 4.91 Å². The number of imide groups is 1. The summed E-state index contributed by atoms with van der Waals surface area (Å²) < 4.78 is 0. The lowest BCUT2D eigenvalue weighted by atomic mass is 10.1. The molecule has 1 heterocycles. The standard InChI is InChI=1S/C16H16BrNO2S/c1-2-12-5-7-13(8-6-12)11-14-15(19)18(16(20)21-14)10-4-3-9-17/h3-8,11H,2,9-10H2,1H3. The minimum Gasteiger partial charge on any atom is -0.268 e. The molecule has 0 bridgehead atoms. The topological polar surface area (TPSA) is 37.4 Å². The maximum absolute atomic E-state index is 12.2. The van der Waals surface area contributed by atoms with Gasteiger partial charge in [-0.25, -0.2) is 0 Å². The number of alkyl halides is 1. The summed E-state index contributed by atoms with van der Waals surface area (Å²) in [5, 5.41) is 0.499. The highest BCUT2D eigenvalue weighted by Gasteiger charge is 2.33. The summed E-state index contributed by atoms with van der Waals surface area (Å²) in [5.41, 5.74) is 2.19. The van der Waals surface area contributed by atoms with E-state index in [4.69, 9.17) is 0 Å². The number of halogens is 1. The van der Waals surface area contributed by atoms with Gasteiger partial charge in [0.2, 0.25) is 0 Å². The number of amides is 2. The largest absolute Gasteiger partial charge is 0.293 e. The van der Waals surface area contributed by atoms with Crippen molar-refractivity contribution in [1.82, 2.24) is 4.90 Å². The number of hydrogen-bond acceptors (Lipinski definition) is 3. The highest BCUT2D eigenvalue weighted by atomic mass is 79.9. The first-order chi connectivity index (χ1) is 10.2.